The molecule has 1 unspecified atom stereocenters. The van der Waals surface area contributed by atoms with Gasteiger partial charge in [0.25, 0.3) is 0 Å². The summed E-state index contributed by atoms with van der Waals surface area (Å²) in [4.78, 5) is 23.7. The molecule has 2 amide bonds. The molecule has 3 N–H and O–H groups in total. The maximum atomic E-state index is 11.9. The summed E-state index contributed by atoms with van der Waals surface area (Å²) < 4.78 is 5.18. The highest BCUT2D eigenvalue weighted by Crippen LogP contribution is 2.19. The Labute approximate surface area is 120 Å². The minimum atomic E-state index is -0.901. The van der Waals surface area contributed by atoms with Crippen LogP contribution in [0.4, 0.5) is 0 Å². The van der Waals surface area contributed by atoms with Gasteiger partial charge in [0.1, 0.15) is 6.04 Å². The molecule has 1 rings (SSSR count). The van der Waals surface area contributed by atoms with Gasteiger partial charge in [-0.25, -0.2) is 0 Å². The zero-order chi connectivity index (χ0) is 15.4. The number of ether oxygens (including phenoxy) is 1. The fourth-order valence-electron chi connectivity index (χ4n) is 1.81. The molecule has 6 nitrogen and oxygen atoms in total. The highest BCUT2D eigenvalue weighted by Gasteiger charge is 2.31. The number of amides is 2. The first-order chi connectivity index (χ1) is 9.14. The zero-order valence-electron chi connectivity index (χ0n) is 12.8. The highest BCUT2D eigenvalue weighted by atomic mass is 16.5. The monoisotopic (exact) mass is 286 g/mol. The van der Waals surface area contributed by atoms with Crippen molar-refractivity contribution in [3.8, 4) is 0 Å². The van der Waals surface area contributed by atoms with Gasteiger partial charge in [-0.2, -0.15) is 0 Å². The topological polar surface area (TPSA) is 87.7 Å². The molecule has 0 spiro atoms. The Bertz CT molecular complexity index is 357. The highest BCUT2D eigenvalue weighted by molar-refractivity contribution is 5.89. The summed E-state index contributed by atoms with van der Waals surface area (Å²) in [5.74, 6) is -0.465. The Kier molecular flexibility index (Phi) is 5.53. The molecule has 1 atom stereocenters. The van der Waals surface area contributed by atoms with Crippen molar-refractivity contribution in [3.63, 3.8) is 0 Å². The molecule has 0 radical (unpaired) electrons. The third kappa shape index (κ3) is 5.09. The van der Waals surface area contributed by atoms with Gasteiger partial charge in [0.15, 0.2) is 0 Å². The lowest BCUT2D eigenvalue weighted by atomic mass is 9.94. The second kappa shape index (κ2) is 6.54. The van der Waals surface area contributed by atoms with E-state index in [-0.39, 0.29) is 18.4 Å². The average molecular weight is 286 g/mol. The van der Waals surface area contributed by atoms with Crippen molar-refractivity contribution >= 4 is 11.8 Å². The van der Waals surface area contributed by atoms with E-state index in [2.05, 4.69) is 10.6 Å². The Morgan fingerprint density at radius 2 is 1.85 bits per heavy atom. The van der Waals surface area contributed by atoms with Gasteiger partial charge < -0.3 is 20.5 Å². The molecule has 1 heterocycles. The van der Waals surface area contributed by atoms with E-state index in [1.54, 1.807) is 27.7 Å². The predicted molar refractivity (Wildman–Crippen MR) is 75.1 cm³/mol. The van der Waals surface area contributed by atoms with Crippen LogP contribution >= 0.6 is 0 Å². The van der Waals surface area contributed by atoms with Crippen LogP contribution in [0.15, 0.2) is 0 Å². The average Bonchev–Trinajstić information content (AvgIpc) is 2.35. The van der Waals surface area contributed by atoms with Crippen molar-refractivity contribution in [2.45, 2.75) is 52.2 Å². The molecule has 0 aromatic heterocycles. The van der Waals surface area contributed by atoms with E-state index in [0.29, 0.717) is 26.1 Å². The minimum Gasteiger partial charge on any atom is -0.388 e. The largest absolute Gasteiger partial charge is 0.388 e. The fourth-order valence-corrected chi connectivity index (χ4v) is 1.81. The number of carbonyl (C=O) groups is 2. The molecule has 1 fully saturated rings. The quantitative estimate of drug-likeness (QED) is 0.688. The number of nitrogens with one attached hydrogen (secondary N) is 2. The van der Waals surface area contributed by atoms with Gasteiger partial charge in [0, 0.05) is 38.0 Å². The Morgan fingerprint density at radius 3 is 2.35 bits per heavy atom. The molecule has 20 heavy (non-hydrogen) atoms. The van der Waals surface area contributed by atoms with Crippen molar-refractivity contribution < 1.29 is 19.4 Å². The van der Waals surface area contributed by atoms with E-state index >= 15 is 0 Å². The van der Waals surface area contributed by atoms with Crippen LogP contribution in [0, 0.1) is 5.41 Å². The number of hydrogen-bond acceptors (Lipinski definition) is 4. The van der Waals surface area contributed by atoms with Gasteiger partial charge in [0.05, 0.1) is 5.60 Å². The van der Waals surface area contributed by atoms with E-state index in [1.165, 1.54) is 0 Å². The van der Waals surface area contributed by atoms with Crippen LogP contribution in [0.25, 0.3) is 0 Å². The second-order valence-electron chi connectivity index (χ2n) is 6.50. The summed E-state index contributed by atoms with van der Waals surface area (Å²) in [7, 11) is 0. The van der Waals surface area contributed by atoms with Crippen molar-refractivity contribution in [1.29, 1.82) is 0 Å². The second-order valence-corrected chi connectivity index (χ2v) is 6.50. The smallest absolute Gasteiger partial charge is 0.242 e. The third-order valence-corrected chi connectivity index (χ3v) is 3.44. The van der Waals surface area contributed by atoms with Crippen molar-refractivity contribution in [1.82, 2.24) is 10.6 Å². The van der Waals surface area contributed by atoms with Crippen LogP contribution in [-0.4, -0.2) is 48.3 Å². The van der Waals surface area contributed by atoms with Crippen LogP contribution in [0.5, 0.6) is 0 Å². The Balaban J connectivity index is 2.40. The molecule has 0 bridgehead atoms. The molecular formula is C14H26N2O4. The molecule has 0 aliphatic carbocycles. The number of hydrogen-bond donors (Lipinski definition) is 3. The fraction of sp³-hybridized carbons (Fsp3) is 0.857. The summed E-state index contributed by atoms with van der Waals surface area (Å²) in [6.07, 6.45) is 1.02. The van der Waals surface area contributed by atoms with Crippen LogP contribution < -0.4 is 10.6 Å². The first-order valence-corrected chi connectivity index (χ1v) is 7.03. The first-order valence-electron chi connectivity index (χ1n) is 7.03. The van der Waals surface area contributed by atoms with E-state index in [1.807, 2.05) is 0 Å². The standard InChI is InChI=1S/C14H26N2O4/c1-10(16-12(18)13(2,3)4)11(17)15-9-14(19)5-7-20-8-6-14/h10,19H,5-9H2,1-4H3,(H,15,17)(H,16,18). The molecule has 0 saturated carbocycles. The number of carbonyl (C=O) groups excluding carboxylic acids is 2. The van der Waals surface area contributed by atoms with E-state index in [9.17, 15) is 14.7 Å². The maximum absolute atomic E-state index is 11.9. The first kappa shape index (κ1) is 16.9. The Hall–Kier alpha value is -1.14. The maximum Gasteiger partial charge on any atom is 0.242 e. The minimum absolute atomic E-state index is 0.176. The van der Waals surface area contributed by atoms with Crippen LogP contribution in [0.1, 0.15) is 40.5 Å². The summed E-state index contributed by atoms with van der Waals surface area (Å²) in [5, 5.41) is 15.6. The van der Waals surface area contributed by atoms with Gasteiger partial charge in [-0.3, -0.25) is 9.59 Å². The van der Waals surface area contributed by atoms with Gasteiger partial charge in [-0.1, -0.05) is 20.8 Å². The van der Waals surface area contributed by atoms with E-state index in [0.717, 1.165) is 0 Å². The molecule has 0 aromatic rings. The van der Waals surface area contributed by atoms with Gasteiger partial charge >= 0.3 is 0 Å². The van der Waals surface area contributed by atoms with Gasteiger partial charge in [-0.15, -0.1) is 0 Å². The van der Waals surface area contributed by atoms with E-state index < -0.39 is 17.1 Å². The predicted octanol–water partition coefficient (Wildman–Crippen LogP) is 0.195. The summed E-state index contributed by atoms with van der Waals surface area (Å²) >= 11 is 0. The summed E-state index contributed by atoms with van der Waals surface area (Å²) in [6.45, 7) is 8.19. The van der Waals surface area contributed by atoms with Crippen LogP contribution in [0.3, 0.4) is 0 Å². The Morgan fingerprint density at radius 1 is 1.30 bits per heavy atom. The van der Waals surface area contributed by atoms with Crippen LogP contribution in [0.2, 0.25) is 0 Å². The molecule has 0 aromatic carbocycles. The third-order valence-electron chi connectivity index (χ3n) is 3.44. The SMILES string of the molecule is CC(NC(=O)C(C)(C)C)C(=O)NCC1(O)CCOCC1. The normalized spacial score (nSPS) is 20.1. The molecule has 6 heteroatoms. The lowest BCUT2D eigenvalue weighted by Gasteiger charge is -2.32. The summed E-state index contributed by atoms with van der Waals surface area (Å²) in [5.41, 5.74) is -1.44. The number of aliphatic hydroxyl groups is 1. The lowest BCUT2D eigenvalue weighted by molar-refractivity contribution is -0.133. The van der Waals surface area contributed by atoms with Crippen LogP contribution in [-0.2, 0) is 14.3 Å². The molecular weight excluding hydrogens is 260 g/mol. The molecule has 1 aliphatic rings. The molecule has 116 valence electrons. The molecule has 1 saturated heterocycles. The van der Waals surface area contributed by atoms with Crippen molar-refractivity contribution in [2.24, 2.45) is 5.41 Å². The van der Waals surface area contributed by atoms with E-state index in [4.69, 9.17) is 4.74 Å². The lowest BCUT2D eigenvalue weighted by Crippen LogP contribution is -2.52. The number of rotatable bonds is 4. The van der Waals surface area contributed by atoms with Gasteiger partial charge in [0.2, 0.25) is 11.8 Å². The van der Waals surface area contributed by atoms with Crippen molar-refractivity contribution in [2.75, 3.05) is 19.8 Å². The summed E-state index contributed by atoms with van der Waals surface area (Å²) in [6, 6.07) is -0.620. The molecule has 1 aliphatic heterocycles. The zero-order valence-corrected chi connectivity index (χ0v) is 12.8. The van der Waals surface area contributed by atoms with Gasteiger partial charge in [-0.05, 0) is 6.92 Å². The van der Waals surface area contributed by atoms with Crippen molar-refractivity contribution in [3.05, 3.63) is 0 Å².